The van der Waals surface area contributed by atoms with Gasteiger partial charge in [0.25, 0.3) is 0 Å². The smallest absolute Gasteiger partial charge is 0.116 e. The van der Waals surface area contributed by atoms with Gasteiger partial charge in [0.05, 0.1) is 17.8 Å². The first-order valence-electron chi connectivity index (χ1n) is 5.45. The molecular formula is C11H18N2OS. The van der Waals surface area contributed by atoms with Crippen LogP contribution in [0.5, 0.6) is 0 Å². The molecule has 1 fully saturated rings. The number of hydrogen-bond donors (Lipinski definition) is 1. The van der Waals surface area contributed by atoms with Gasteiger partial charge in [0, 0.05) is 11.5 Å². The molecule has 2 rings (SSSR count). The summed E-state index contributed by atoms with van der Waals surface area (Å²) in [6.07, 6.45) is 1.03. The summed E-state index contributed by atoms with van der Waals surface area (Å²) in [5, 5.41) is 4.73. The van der Waals surface area contributed by atoms with E-state index in [0.717, 1.165) is 31.9 Å². The van der Waals surface area contributed by atoms with E-state index < -0.39 is 0 Å². The summed E-state index contributed by atoms with van der Waals surface area (Å²) in [6, 6.07) is 0. The van der Waals surface area contributed by atoms with E-state index in [4.69, 9.17) is 4.74 Å². The van der Waals surface area contributed by atoms with Crippen molar-refractivity contribution < 1.29 is 4.74 Å². The number of rotatable bonds is 3. The lowest BCUT2D eigenvalue weighted by molar-refractivity contribution is 0.167. The molecule has 0 bridgehead atoms. The van der Waals surface area contributed by atoms with Crippen LogP contribution in [-0.4, -0.2) is 24.7 Å². The Morgan fingerprint density at radius 3 is 2.80 bits per heavy atom. The molecule has 84 valence electrons. The molecule has 0 radical (unpaired) electrons. The molecule has 0 spiro atoms. The minimum absolute atomic E-state index is 0.0154. The van der Waals surface area contributed by atoms with Gasteiger partial charge in [0.2, 0.25) is 0 Å². The third kappa shape index (κ3) is 1.94. The van der Waals surface area contributed by atoms with Crippen LogP contribution in [0.15, 0.2) is 0 Å². The van der Waals surface area contributed by atoms with Crippen molar-refractivity contribution in [3.8, 4) is 0 Å². The lowest BCUT2D eigenvalue weighted by Gasteiger charge is -2.25. The number of likely N-dealkylation sites (N-methyl/N-ethyl adjacent to an activating group) is 1. The van der Waals surface area contributed by atoms with E-state index >= 15 is 0 Å². The highest BCUT2D eigenvalue weighted by Crippen LogP contribution is 2.34. The predicted molar refractivity (Wildman–Crippen MR) is 62.4 cm³/mol. The minimum atomic E-state index is -0.0154. The van der Waals surface area contributed by atoms with Gasteiger partial charge in [-0.1, -0.05) is 6.92 Å². The number of nitrogens with one attached hydrogen (secondary N) is 1. The van der Waals surface area contributed by atoms with Gasteiger partial charge in [0.15, 0.2) is 0 Å². The van der Waals surface area contributed by atoms with Crippen molar-refractivity contribution in [3.05, 3.63) is 15.6 Å². The van der Waals surface area contributed by atoms with E-state index in [-0.39, 0.29) is 5.54 Å². The lowest BCUT2D eigenvalue weighted by Crippen LogP contribution is -2.42. The van der Waals surface area contributed by atoms with Crippen molar-refractivity contribution in [2.45, 2.75) is 32.7 Å². The highest BCUT2D eigenvalue weighted by molar-refractivity contribution is 7.11. The molecule has 1 aliphatic rings. The second kappa shape index (κ2) is 4.20. The Morgan fingerprint density at radius 2 is 2.33 bits per heavy atom. The molecule has 4 heteroatoms. The molecule has 2 heterocycles. The Hall–Kier alpha value is -0.450. The quantitative estimate of drug-likeness (QED) is 0.856. The van der Waals surface area contributed by atoms with Crippen LogP contribution in [-0.2, 0) is 10.3 Å². The Bertz CT molecular complexity index is 323. The highest BCUT2D eigenvalue weighted by Gasteiger charge is 2.38. The molecular weight excluding hydrogens is 208 g/mol. The van der Waals surface area contributed by atoms with Crippen molar-refractivity contribution in [3.63, 3.8) is 0 Å². The Kier molecular flexibility index (Phi) is 3.09. The van der Waals surface area contributed by atoms with Crippen LogP contribution < -0.4 is 5.32 Å². The Labute approximate surface area is 94.9 Å². The fraction of sp³-hybridized carbons (Fsp3) is 0.727. The van der Waals surface area contributed by atoms with Gasteiger partial charge >= 0.3 is 0 Å². The molecule has 1 N–H and O–H groups in total. The van der Waals surface area contributed by atoms with Crippen molar-refractivity contribution in [1.82, 2.24) is 10.3 Å². The van der Waals surface area contributed by atoms with E-state index in [1.54, 1.807) is 11.3 Å². The zero-order valence-electron chi connectivity index (χ0n) is 9.59. The minimum Gasteiger partial charge on any atom is -0.379 e. The van der Waals surface area contributed by atoms with Crippen LogP contribution in [0.2, 0.25) is 0 Å². The molecule has 1 aliphatic heterocycles. The fourth-order valence-electron chi connectivity index (χ4n) is 1.96. The van der Waals surface area contributed by atoms with Gasteiger partial charge in [-0.15, -0.1) is 11.3 Å². The Balaban J connectivity index is 2.31. The summed E-state index contributed by atoms with van der Waals surface area (Å²) in [5.74, 6) is 0. The monoisotopic (exact) mass is 226 g/mol. The third-order valence-corrected chi connectivity index (χ3v) is 4.25. The van der Waals surface area contributed by atoms with Gasteiger partial charge < -0.3 is 10.1 Å². The molecule has 0 aliphatic carbocycles. The number of aryl methyl sites for hydroxylation is 2. The highest BCUT2D eigenvalue weighted by atomic mass is 32.1. The van der Waals surface area contributed by atoms with E-state index in [9.17, 15) is 0 Å². The second-order valence-corrected chi connectivity index (χ2v) is 5.28. The number of aromatic nitrogens is 1. The normalized spacial score (nSPS) is 26.1. The summed E-state index contributed by atoms with van der Waals surface area (Å²) in [4.78, 5) is 5.97. The van der Waals surface area contributed by atoms with Crippen LogP contribution in [0.25, 0.3) is 0 Å². The van der Waals surface area contributed by atoms with Crippen LogP contribution >= 0.6 is 11.3 Å². The van der Waals surface area contributed by atoms with Crippen molar-refractivity contribution >= 4 is 11.3 Å². The average molecular weight is 226 g/mol. The van der Waals surface area contributed by atoms with Gasteiger partial charge in [-0.05, 0) is 26.8 Å². The summed E-state index contributed by atoms with van der Waals surface area (Å²) in [5.41, 5.74) is 1.14. The molecule has 1 saturated heterocycles. The molecule has 1 aromatic rings. The maximum absolute atomic E-state index is 5.52. The molecule has 15 heavy (non-hydrogen) atoms. The fourth-order valence-corrected chi connectivity index (χ4v) is 3.06. The van der Waals surface area contributed by atoms with Crippen LogP contribution in [0.4, 0.5) is 0 Å². The summed E-state index contributed by atoms with van der Waals surface area (Å²) in [6.45, 7) is 8.89. The van der Waals surface area contributed by atoms with Gasteiger partial charge in [-0.3, -0.25) is 0 Å². The summed E-state index contributed by atoms with van der Waals surface area (Å²) < 4.78 is 5.52. The number of ether oxygens (including phenoxy) is 1. The summed E-state index contributed by atoms with van der Waals surface area (Å²) in [7, 11) is 0. The topological polar surface area (TPSA) is 34.2 Å². The van der Waals surface area contributed by atoms with E-state index in [1.807, 2.05) is 0 Å². The molecule has 1 unspecified atom stereocenters. The van der Waals surface area contributed by atoms with Crippen LogP contribution in [0.1, 0.15) is 28.9 Å². The SMILES string of the molecule is CCNC1(c2nc(C)c(C)s2)CCOC1. The maximum Gasteiger partial charge on any atom is 0.116 e. The van der Waals surface area contributed by atoms with Crippen LogP contribution in [0.3, 0.4) is 0 Å². The van der Waals surface area contributed by atoms with Gasteiger partial charge in [-0.2, -0.15) is 0 Å². The Morgan fingerprint density at radius 1 is 1.53 bits per heavy atom. The van der Waals surface area contributed by atoms with E-state index in [0.29, 0.717) is 0 Å². The van der Waals surface area contributed by atoms with Crippen LogP contribution in [0, 0.1) is 13.8 Å². The largest absolute Gasteiger partial charge is 0.379 e. The molecule has 0 aromatic carbocycles. The lowest BCUT2D eigenvalue weighted by atomic mass is 10.00. The van der Waals surface area contributed by atoms with E-state index in [2.05, 4.69) is 31.1 Å². The zero-order valence-corrected chi connectivity index (χ0v) is 10.4. The average Bonchev–Trinajstić information content (AvgIpc) is 2.77. The molecule has 3 nitrogen and oxygen atoms in total. The number of thiazole rings is 1. The molecule has 0 saturated carbocycles. The van der Waals surface area contributed by atoms with E-state index in [1.165, 1.54) is 9.88 Å². The first-order valence-corrected chi connectivity index (χ1v) is 6.27. The number of hydrogen-bond acceptors (Lipinski definition) is 4. The van der Waals surface area contributed by atoms with Crippen molar-refractivity contribution in [1.29, 1.82) is 0 Å². The molecule has 1 atom stereocenters. The zero-order chi connectivity index (χ0) is 10.9. The number of nitrogens with zero attached hydrogens (tertiary/aromatic N) is 1. The van der Waals surface area contributed by atoms with Gasteiger partial charge in [-0.25, -0.2) is 4.98 Å². The van der Waals surface area contributed by atoms with Crippen molar-refractivity contribution in [2.24, 2.45) is 0 Å². The predicted octanol–water partition coefficient (Wildman–Crippen LogP) is 1.99. The second-order valence-electron chi connectivity index (χ2n) is 4.08. The maximum atomic E-state index is 5.52. The summed E-state index contributed by atoms with van der Waals surface area (Å²) >= 11 is 1.80. The standard InChI is InChI=1S/C11H18N2OS/c1-4-12-11(5-6-14-7-11)10-13-8(2)9(3)15-10/h12H,4-7H2,1-3H3. The third-order valence-electron chi connectivity index (χ3n) is 2.97. The van der Waals surface area contributed by atoms with Crippen molar-refractivity contribution in [2.75, 3.05) is 19.8 Å². The first kappa shape index (κ1) is 11.0. The first-order chi connectivity index (χ1) is 7.18. The molecule has 1 aromatic heterocycles. The molecule has 0 amide bonds. The van der Waals surface area contributed by atoms with Gasteiger partial charge in [0.1, 0.15) is 5.01 Å².